The zero-order valence-electron chi connectivity index (χ0n) is 11.2. The van der Waals surface area contributed by atoms with Gasteiger partial charge in [-0.3, -0.25) is 4.79 Å². The molecule has 1 aromatic heterocycles. The van der Waals surface area contributed by atoms with Gasteiger partial charge in [-0.2, -0.15) is 0 Å². The highest BCUT2D eigenvalue weighted by Crippen LogP contribution is 2.15. The normalized spacial score (nSPS) is 9.81. The highest BCUT2D eigenvalue weighted by atomic mass is 19.1. The molecule has 2 aromatic rings. The maximum absolute atomic E-state index is 13.8. The highest BCUT2D eigenvalue weighted by molar-refractivity contribution is 5.90. The number of carbonyl (C=O) groups is 1. The van der Waals surface area contributed by atoms with Crippen LogP contribution in [0.5, 0.6) is 0 Å². The molecule has 0 saturated carbocycles. The molecular formula is C15H14FN3O2. The van der Waals surface area contributed by atoms with E-state index in [0.717, 1.165) is 0 Å². The summed E-state index contributed by atoms with van der Waals surface area (Å²) < 4.78 is 15.6. The van der Waals surface area contributed by atoms with Gasteiger partial charge in [0.05, 0.1) is 12.0 Å². The summed E-state index contributed by atoms with van der Waals surface area (Å²) in [4.78, 5) is 15.6. The van der Waals surface area contributed by atoms with Crippen LogP contribution in [0, 0.1) is 17.7 Å². The fourth-order valence-corrected chi connectivity index (χ4v) is 1.70. The molecule has 1 aromatic carbocycles. The second-order valence-electron chi connectivity index (χ2n) is 4.25. The van der Waals surface area contributed by atoms with Gasteiger partial charge in [-0.15, -0.1) is 0 Å². The molecule has 108 valence electrons. The lowest BCUT2D eigenvalue weighted by atomic mass is 10.2. The summed E-state index contributed by atoms with van der Waals surface area (Å²) in [6.07, 6.45) is 5.22. The molecule has 0 unspecified atom stereocenters. The van der Waals surface area contributed by atoms with Gasteiger partial charge >= 0.3 is 0 Å². The van der Waals surface area contributed by atoms with Crippen LogP contribution < -0.4 is 5.32 Å². The highest BCUT2D eigenvalue weighted by Gasteiger charge is 2.07. The Bertz CT molecular complexity index is 672. The summed E-state index contributed by atoms with van der Waals surface area (Å²) >= 11 is 0. The van der Waals surface area contributed by atoms with Crippen LogP contribution in [-0.4, -0.2) is 27.2 Å². The van der Waals surface area contributed by atoms with E-state index in [1.54, 1.807) is 29.4 Å². The number of nitrogens with zero attached hydrogens (tertiary/aromatic N) is 2. The Labute approximate surface area is 121 Å². The molecule has 0 aliphatic rings. The minimum Gasteiger partial charge on any atom is -0.384 e. The average Bonchev–Trinajstić information content (AvgIpc) is 2.99. The third-order valence-corrected chi connectivity index (χ3v) is 2.71. The SMILES string of the molecule is O=C(CCn1ccnc1)Nc1ccc(C#CCO)cc1F. The molecule has 1 heterocycles. The van der Waals surface area contributed by atoms with E-state index in [4.69, 9.17) is 5.11 Å². The third kappa shape index (κ3) is 4.44. The fraction of sp³-hybridized carbons (Fsp3) is 0.200. The largest absolute Gasteiger partial charge is 0.384 e. The van der Waals surface area contributed by atoms with Gasteiger partial charge in [-0.05, 0) is 18.2 Å². The number of hydrogen-bond acceptors (Lipinski definition) is 3. The van der Waals surface area contributed by atoms with Crippen molar-refractivity contribution in [1.29, 1.82) is 0 Å². The molecule has 2 rings (SSSR count). The Balaban J connectivity index is 1.94. The quantitative estimate of drug-likeness (QED) is 0.835. The van der Waals surface area contributed by atoms with E-state index in [2.05, 4.69) is 22.1 Å². The van der Waals surface area contributed by atoms with Gasteiger partial charge in [0.2, 0.25) is 5.91 Å². The summed E-state index contributed by atoms with van der Waals surface area (Å²) in [5.41, 5.74) is 0.554. The number of halogens is 1. The standard InChI is InChI=1S/C15H14FN3O2/c16-13-10-12(2-1-9-20)3-4-14(13)18-15(21)5-7-19-8-6-17-11-19/h3-4,6,8,10-11,20H,5,7,9H2,(H,18,21). The molecule has 6 heteroatoms. The summed E-state index contributed by atoms with van der Waals surface area (Å²) in [6, 6.07) is 4.25. The number of aromatic nitrogens is 2. The zero-order chi connectivity index (χ0) is 15.1. The van der Waals surface area contributed by atoms with Crippen molar-refractivity contribution in [1.82, 2.24) is 9.55 Å². The molecule has 1 amide bonds. The first-order valence-corrected chi connectivity index (χ1v) is 6.34. The van der Waals surface area contributed by atoms with E-state index in [0.29, 0.717) is 12.1 Å². The Kier molecular flexibility index (Phi) is 5.07. The van der Waals surface area contributed by atoms with Crippen molar-refractivity contribution >= 4 is 11.6 Å². The maximum Gasteiger partial charge on any atom is 0.226 e. The van der Waals surface area contributed by atoms with E-state index in [-0.39, 0.29) is 24.6 Å². The number of aliphatic hydroxyl groups excluding tert-OH is 1. The molecule has 0 aliphatic heterocycles. The molecule has 0 fully saturated rings. The Morgan fingerprint density at radius 1 is 1.48 bits per heavy atom. The number of carbonyl (C=O) groups excluding carboxylic acids is 1. The van der Waals surface area contributed by atoms with Crippen LogP contribution >= 0.6 is 0 Å². The van der Waals surface area contributed by atoms with Crippen molar-refractivity contribution in [2.24, 2.45) is 0 Å². The predicted molar refractivity (Wildman–Crippen MR) is 75.8 cm³/mol. The minimum absolute atomic E-state index is 0.111. The first-order chi connectivity index (χ1) is 10.2. The summed E-state index contributed by atoms with van der Waals surface area (Å²) in [5, 5.41) is 11.1. The van der Waals surface area contributed by atoms with Crippen molar-refractivity contribution in [2.45, 2.75) is 13.0 Å². The number of aryl methyl sites for hydroxylation is 1. The number of aliphatic hydroxyl groups is 1. The average molecular weight is 287 g/mol. The lowest BCUT2D eigenvalue weighted by molar-refractivity contribution is -0.116. The van der Waals surface area contributed by atoms with Gasteiger partial charge < -0.3 is 15.0 Å². The van der Waals surface area contributed by atoms with Gasteiger partial charge in [-0.1, -0.05) is 11.8 Å². The van der Waals surface area contributed by atoms with Gasteiger partial charge in [-0.25, -0.2) is 9.37 Å². The molecule has 0 spiro atoms. The summed E-state index contributed by atoms with van der Waals surface area (Å²) in [7, 11) is 0. The molecule has 21 heavy (non-hydrogen) atoms. The van der Waals surface area contributed by atoms with Crippen LogP contribution in [0.3, 0.4) is 0 Å². The van der Waals surface area contributed by atoms with Crippen molar-refractivity contribution in [2.75, 3.05) is 11.9 Å². The van der Waals surface area contributed by atoms with Crippen molar-refractivity contribution < 1.29 is 14.3 Å². The number of nitrogens with one attached hydrogen (secondary N) is 1. The summed E-state index contributed by atoms with van der Waals surface area (Å²) in [6.45, 7) is 0.196. The Morgan fingerprint density at radius 3 is 3.00 bits per heavy atom. The van der Waals surface area contributed by atoms with Crippen LogP contribution in [0.25, 0.3) is 0 Å². The van der Waals surface area contributed by atoms with Gasteiger partial charge in [0.15, 0.2) is 0 Å². The van der Waals surface area contributed by atoms with E-state index in [1.165, 1.54) is 12.1 Å². The Hall–Kier alpha value is -2.65. The molecule has 5 nitrogen and oxygen atoms in total. The predicted octanol–water partition coefficient (Wildman–Crippen LogP) is 1.39. The molecule has 2 N–H and O–H groups in total. The van der Waals surface area contributed by atoms with E-state index < -0.39 is 5.82 Å². The van der Waals surface area contributed by atoms with Crippen molar-refractivity contribution in [3.63, 3.8) is 0 Å². The summed E-state index contributed by atoms with van der Waals surface area (Å²) in [5.74, 6) is 4.19. The van der Waals surface area contributed by atoms with Crippen LogP contribution in [-0.2, 0) is 11.3 Å². The Morgan fingerprint density at radius 2 is 2.33 bits per heavy atom. The second kappa shape index (κ2) is 7.22. The van der Waals surface area contributed by atoms with E-state index >= 15 is 0 Å². The first kappa shape index (κ1) is 14.8. The number of amides is 1. The van der Waals surface area contributed by atoms with E-state index in [9.17, 15) is 9.18 Å². The van der Waals surface area contributed by atoms with E-state index in [1.807, 2.05) is 0 Å². The monoisotopic (exact) mass is 287 g/mol. The van der Waals surface area contributed by atoms with Crippen molar-refractivity contribution in [3.05, 3.63) is 48.3 Å². The lowest BCUT2D eigenvalue weighted by Gasteiger charge is -2.07. The third-order valence-electron chi connectivity index (χ3n) is 2.71. The number of rotatable bonds is 4. The van der Waals surface area contributed by atoms with Gasteiger partial charge in [0.25, 0.3) is 0 Å². The van der Waals surface area contributed by atoms with Crippen LogP contribution in [0.1, 0.15) is 12.0 Å². The lowest BCUT2D eigenvalue weighted by Crippen LogP contribution is -2.15. The van der Waals surface area contributed by atoms with Crippen LogP contribution in [0.15, 0.2) is 36.9 Å². The van der Waals surface area contributed by atoms with Gasteiger partial charge in [0, 0.05) is 30.9 Å². The molecule has 0 bridgehead atoms. The molecule has 0 atom stereocenters. The van der Waals surface area contributed by atoms with Crippen molar-refractivity contribution in [3.8, 4) is 11.8 Å². The fourth-order valence-electron chi connectivity index (χ4n) is 1.70. The van der Waals surface area contributed by atoms with Crippen LogP contribution in [0.4, 0.5) is 10.1 Å². The second-order valence-corrected chi connectivity index (χ2v) is 4.25. The molecular weight excluding hydrogens is 273 g/mol. The number of anilines is 1. The molecule has 0 aliphatic carbocycles. The number of hydrogen-bond donors (Lipinski definition) is 2. The topological polar surface area (TPSA) is 67.2 Å². The number of benzene rings is 1. The minimum atomic E-state index is -0.560. The van der Waals surface area contributed by atoms with Gasteiger partial charge in [0.1, 0.15) is 12.4 Å². The smallest absolute Gasteiger partial charge is 0.226 e. The molecule has 0 radical (unpaired) electrons. The maximum atomic E-state index is 13.8. The first-order valence-electron chi connectivity index (χ1n) is 6.34. The van der Waals surface area contributed by atoms with Crippen LogP contribution in [0.2, 0.25) is 0 Å². The molecule has 0 saturated heterocycles. The number of imidazole rings is 1. The zero-order valence-corrected chi connectivity index (χ0v) is 11.2.